The zero-order chi connectivity index (χ0) is 17.2. The number of nitrogens with one attached hydrogen (secondary N) is 2. The summed E-state index contributed by atoms with van der Waals surface area (Å²) in [6, 6.07) is 5.77. The highest BCUT2D eigenvalue weighted by molar-refractivity contribution is 5.74. The molecule has 2 N–H and O–H groups in total. The fraction of sp³-hybridized carbons (Fsp3) is 0.438. The number of hydrogen-bond donors (Lipinski definition) is 2. The number of tetrazole rings is 1. The molecule has 1 aliphatic carbocycles. The molecule has 3 heterocycles. The minimum atomic E-state index is -0.245. The maximum Gasteiger partial charge on any atom is 0.315 e. The summed E-state index contributed by atoms with van der Waals surface area (Å²) in [7, 11) is 0. The van der Waals surface area contributed by atoms with E-state index in [1.807, 2.05) is 46.6 Å². The summed E-state index contributed by atoms with van der Waals surface area (Å²) in [6.07, 6.45) is 6.79. The minimum absolute atomic E-state index is 0.235. The Labute approximate surface area is 144 Å². The van der Waals surface area contributed by atoms with Gasteiger partial charge in [-0.1, -0.05) is 6.07 Å². The number of pyridine rings is 1. The fourth-order valence-electron chi connectivity index (χ4n) is 2.79. The highest BCUT2D eigenvalue weighted by Crippen LogP contribution is 2.35. The molecule has 1 saturated carbocycles. The number of urea groups is 1. The lowest BCUT2D eigenvalue weighted by Crippen LogP contribution is -2.38. The van der Waals surface area contributed by atoms with Crippen molar-refractivity contribution < 1.29 is 4.79 Å². The van der Waals surface area contributed by atoms with Gasteiger partial charge in [-0.3, -0.25) is 0 Å². The number of nitrogens with zero attached hydrogens (tertiary/aromatic N) is 6. The molecule has 0 spiro atoms. The van der Waals surface area contributed by atoms with Crippen LogP contribution in [0.1, 0.15) is 43.4 Å². The molecule has 4 rings (SSSR count). The Morgan fingerprint density at radius 1 is 1.40 bits per heavy atom. The summed E-state index contributed by atoms with van der Waals surface area (Å²) in [5.41, 5.74) is 1.85. The lowest BCUT2D eigenvalue weighted by Gasteiger charge is -2.14. The van der Waals surface area contributed by atoms with Crippen molar-refractivity contribution in [2.75, 3.05) is 6.54 Å². The Bertz CT molecular complexity index is 848. The monoisotopic (exact) mass is 340 g/mol. The summed E-state index contributed by atoms with van der Waals surface area (Å²) < 4.78 is 3.77. The van der Waals surface area contributed by atoms with Gasteiger partial charge in [0.05, 0.1) is 17.8 Å². The van der Waals surface area contributed by atoms with E-state index in [-0.39, 0.29) is 12.1 Å². The number of imidazole rings is 1. The molecule has 1 atom stereocenters. The van der Waals surface area contributed by atoms with Crippen LogP contribution in [0.4, 0.5) is 4.79 Å². The average Bonchev–Trinajstić information content (AvgIpc) is 3.18. The number of carbonyl (C=O) groups excluding carboxylic acids is 1. The van der Waals surface area contributed by atoms with E-state index in [2.05, 4.69) is 31.1 Å². The standard InChI is InChI=1S/C16H20N8O/c1-11(15-20-21-22-24(15)13-5-6-13)18-16(25)17-8-7-12-10-23-9-3-2-4-14(23)19-12/h2-4,9-11,13H,5-8H2,1H3,(H2,17,18,25)/t11-/m0/s1. The fourth-order valence-corrected chi connectivity index (χ4v) is 2.79. The van der Waals surface area contributed by atoms with Crippen molar-refractivity contribution in [1.29, 1.82) is 0 Å². The molecule has 9 nitrogen and oxygen atoms in total. The number of carbonyl (C=O) groups is 1. The van der Waals surface area contributed by atoms with E-state index in [4.69, 9.17) is 0 Å². The molecule has 0 unspecified atom stereocenters. The SMILES string of the molecule is C[C@H](NC(=O)NCCc1cn2ccccc2n1)c1nnnn1C1CC1. The maximum atomic E-state index is 12.1. The zero-order valence-corrected chi connectivity index (χ0v) is 14.0. The summed E-state index contributed by atoms with van der Waals surface area (Å²) in [4.78, 5) is 16.6. The number of amides is 2. The smallest absolute Gasteiger partial charge is 0.315 e. The lowest BCUT2D eigenvalue weighted by molar-refractivity contribution is 0.237. The summed E-state index contributed by atoms with van der Waals surface area (Å²) in [5.74, 6) is 0.693. The van der Waals surface area contributed by atoms with Gasteiger partial charge in [0.25, 0.3) is 0 Å². The first-order chi connectivity index (χ1) is 12.2. The molecule has 0 aromatic carbocycles. The summed E-state index contributed by atoms with van der Waals surface area (Å²) >= 11 is 0. The molecule has 1 aliphatic rings. The molecule has 0 saturated heterocycles. The van der Waals surface area contributed by atoms with Crippen LogP contribution in [0.3, 0.4) is 0 Å². The molecule has 130 valence electrons. The second kappa shape index (κ2) is 6.50. The van der Waals surface area contributed by atoms with Crippen LogP contribution in [-0.2, 0) is 6.42 Å². The second-order valence-electron chi connectivity index (χ2n) is 6.28. The van der Waals surface area contributed by atoms with Crippen LogP contribution in [0.25, 0.3) is 5.65 Å². The molecule has 3 aromatic heterocycles. The molecule has 3 aromatic rings. The van der Waals surface area contributed by atoms with Crippen molar-refractivity contribution in [2.24, 2.45) is 0 Å². The maximum absolute atomic E-state index is 12.1. The molecule has 0 bridgehead atoms. The number of hydrogen-bond acceptors (Lipinski definition) is 5. The van der Waals surface area contributed by atoms with Crippen LogP contribution in [0.2, 0.25) is 0 Å². The molecular weight excluding hydrogens is 320 g/mol. The van der Waals surface area contributed by atoms with Gasteiger partial charge in [0.15, 0.2) is 5.82 Å². The van der Waals surface area contributed by atoms with Gasteiger partial charge in [0.1, 0.15) is 5.65 Å². The number of fused-ring (bicyclic) bond motifs is 1. The van der Waals surface area contributed by atoms with Crippen molar-refractivity contribution in [1.82, 2.24) is 40.2 Å². The van der Waals surface area contributed by atoms with Crippen molar-refractivity contribution in [2.45, 2.75) is 38.3 Å². The van der Waals surface area contributed by atoms with E-state index in [0.29, 0.717) is 24.8 Å². The topological polar surface area (TPSA) is 102 Å². The van der Waals surface area contributed by atoms with E-state index in [1.54, 1.807) is 0 Å². The Hall–Kier alpha value is -2.97. The third kappa shape index (κ3) is 3.44. The third-order valence-electron chi connectivity index (χ3n) is 4.23. The molecule has 9 heteroatoms. The molecule has 0 radical (unpaired) electrons. The van der Waals surface area contributed by atoms with E-state index >= 15 is 0 Å². The van der Waals surface area contributed by atoms with Crippen LogP contribution in [-0.4, -0.2) is 42.2 Å². The molecule has 25 heavy (non-hydrogen) atoms. The largest absolute Gasteiger partial charge is 0.338 e. The highest BCUT2D eigenvalue weighted by atomic mass is 16.2. The quantitative estimate of drug-likeness (QED) is 0.703. The van der Waals surface area contributed by atoms with Gasteiger partial charge in [-0.2, -0.15) is 0 Å². The highest BCUT2D eigenvalue weighted by Gasteiger charge is 2.29. The normalized spacial score (nSPS) is 15.2. The van der Waals surface area contributed by atoms with Crippen LogP contribution in [0.15, 0.2) is 30.6 Å². The Kier molecular flexibility index (Phi) is 4.04. The Balaban J connectivity index is 1.28. The van der Waals surface area contributed by atoms with Crippen LogP contribution >= 0.6 is 0 Å². The molecular formula is C16H20N8O. The van der Waals surface area contributed by atoms with Crippen LogP contribution in [0, 0.1) is 0 Å². The first-order valence-corrected chi connectivity index (χ1v) is 8.45. The minimum Gasteiger partial charge on any atom is -0.338 e. The Morgan fingerprint density at radius 3 is 3.08 bits per heavy atom. The first-order valence-electron chi connectivity index (χ1n) is 8.45. The van der Waals surface area contributed by atoms with Crippen molar-refractivity contribution in [3.63, 3.8) is 0 Å². The lowest BCUT2D eigenvalue weighted by atomic mass is 10.3. The van der Waals surface area contributed by atoms with Crippen LogP contribution in [0.5, 0.6) is 0 Å². The van der Waals surface area contributed by atoms with Gasteiger partial charge in [-0.05, 0) is 42.3 Å². The van der Waals surface area contributed by atoms with E-state index in [0.717, 1.165) is 24.2 Å². The predicted octanol–water partition coefficient (Wildman–Crippen LogP) is 1.26. The van der Waals surface area contributed by atoms with Crippen molar-refractivity contribution in [3.05, 3.63) is 42.1 Å². The number of aromatic nitrogens is 6. The van der Waals surface area contributed by atoms with E-state index in [1.165, 1.54) is 0 Å². The third-order valence-corrected chi connectivity index (χ3v) is 4.23. The zero-order valence-electron chi connectivity index (χ0n) is 14.0. The summed E-state index contributed by atoms with van der Waals surface area (Å²) in [5, 5.41) is 17.5. The molecule has 2 amide bonds. The first kappa shape index (κ1) is 15.6. The van der Waals surface area contributed by atoms with Crippen molar-refractivity contribution in [3.8, 4) is 0 Å². The molecule has 1 fully saturated rings. The van der Waals surface area contributed by atoms with Crippen LogP contribution < -0.4 is 10.6 Å². The van der Waals surface area contributed by atoms with Gasteiger partial charge in [0.2, 0.25) is 0 Å². The average molecular weight is 340 g/mol. The van der Waals surface area contributed by atoms with Crippen molar-refractivity contribution >= 4 is 11.7 Å². The van der Waals surface area contributed by atoms with Gasteiger partial charge in [-0.25, -0.2) is 14.5 Å². The second-order valence-corrected chi connectivity index (χ2v) is 6.28. The summed E-state index contributed by atoms with van der Waals surface area (Å²) in [6.45, 7) is 2.39. The number of rotatable bonds is 6. The van der Waals surface area contributed by atoms with E-state index < -0.39 is 0 Å². The van der Waals surface area contributed by atoms with Gasteiger partial charge >= 0.3 is 6.03 Å². The van der Waals surface area contributed by atoms with E-state index in [9.17, 15) is 4.79 Å². The predicted molar refractivity (Wildman–Crippen MR) is 89.9 cm³/mol. The van der Waals surface area contributed by atoms with Gasteiger partial charge in [0, 0.05) is 25.4 Å². The Morgan fingerprint density at radius 2 is 2.28 bits per heavy atom. The van der Waals surface area contributed by atoms with Gasteiger partial charge < -0.3 is 15.0 Å². The molecule has 0 aliphatic heterocycles. The van der Waals surface area contributed by atoms with Gasteiger partial charge in [-0.15, -0.1) is 5.10 Å².